The van der Waals surface area contributed by atoms with E-state index < -0.39 is 16.0 Å². The minimum Gasteiger partial charge on any atom is -0.388 e. The summed E-state index contributed by atoms with van der Waals surface area (Å²) in [7, 11) is -3.66. The van der Waals surface area contributed by atoms with Crippen LogP contribution in [0.2, 0.25) is 0 Å². The highest BCUT2D eigenvalue weighted by atomic mass is 32.2. The number of benzene rings is 1. The van der Waals surface area contributed by atoms with E-state index in [-0.39, 0.29) is 5.89 Å². The van der Waals surface area contributed by atoms with E-state index in [0.29, 0.717) is 30.3 Å². The van der Waals surface area contributed by atoms with Crippen LogP contribution < -0.4 is 10.5 Å². The first-order valence-corrected chi connectivity index (χ1v) is 8.82. The number of anilines is 1. The fourth-order valence-electron chi connectivity index (χ4n) is 2.53. The van der Waals surface area contributed by atoms with Crippen LogP contribution in [0.5, 0.6) is 0 Å². The molecule has 1 aliphatic heterocycles. The summed E-state index contributed by atoms with van der Waals surface area (Å²) in [4.78, 5) is 11.1. The zero-order valence-electron chi connectivity index (χ0n) is 12.7. The van der Waals surface area contributed by atoms with Crippen LogP contribution in [-0.4, -0.2) is 36.0 Å². The summed E-state index contributed by atoms with van der Waals surface area (Å²) in [6.07, 6.45) is 1.69. The summed E-state index contributed by atoms with van der Waals surface area (Å²) in [6.45, 7) is 3.11. The molecule has 0 radical (unpaired) electrons. The van der Waals surface area contributed by atoms with Crippen molar-refractivity contribution >= 4 is 15.9 Å². The normalized spacial score (nSPS) is 17.3. The van der Waals surface area contributed by atoms with Crippen molar-refractivity contribution in [2.24, 2.45) is 5.92 Å². The lowest BCUT2D eigenvalue weighted by Gasteiger charge is -2.29. The molecule has 2 heterocycles. The maximum atomic E-state index is 12.5. The average Bonchev–Trinajstić information content (AvgIpc) is 2.94. The van der Waals surface area contributed by atoms with Gasteiger partial charge in [0.2, 0.25) is 0 Å². The van der Waals surface area contributed by atoms with Crippen molar-refractivity contribution in [3.05, 3.63) is 34.8 Å². The molecular formula is C14H18N4O4S. The van der Waals surface area contributed by atoms with E-state index in [1.54, 1.807) is 24.3 Å². The Hall–Kier alpha value is -2.13. The fraction of sp³-hybridized carbons (Fsp3) is 0.429. The minimum absolute atomic E-state index is 0.0422. The van der Waals surface area contributed by atoms with Gasteiger partial charge in [-0.15, -0.1) is 5.10 Å². The summed E-state index contributed by atoms with van der Waals surface area (Å²) in [5, 5.41) is 5.91. The van der Waals surface area contributed by atoms with Crippen LogP contribution in [-0.2, 0) is 10.2 Å². The molecule has 0 bridgehead atoms. The third-order valence-electron chi connectivity index (χ3n) is 3.92. The molecular weight excluding hydrogens is 320 g/mol. The molecule has 0 saturated carbocycles. The van der Waals surface area contributed by atoms with Crippen molar-refractivity contribution in [3.63, 3.8) is 0 Å². The summed E-state index contributed by atoms with van der Waals surface area (Å²) >= 11 is 0. The van der Waals surface area contributed by atoms with Crippen molar-refractivity contribution in [3.8, 4) is 11.5 Å². The molecule has 9 heteroatoms. The topological polar surface area (TPSA) is 108 Å². The van der Waals surface area contributed by atoms with Gasteiger partial charge in [-0.3, -0.25) is 4.72 Å². The Kier molecular flexibility index (Phi) is 4.22. The van der Waals surface area contributed by atoms with E-state index >= 15 is 0 Å². The third kappa shape index (κ3) is 3.45. The number of rotatable bonds is 4. The second-order valence-electron chi connectivity index (χ2n) is 5.65. The molecule has 0 spiro atoms. The van der Waals surface area contributed by atoms with Crippen molar-refractivity contribution in [1.82, 2.24) is 14.5 Å². The predicted octanol–water partition coefficient (Wildman–Crippen LogP) is 1.42. The molecule has 3 rings (SSSR count). The van der Waals surface area contributed by atoms with Crippen LogP contribution in [0.25, 0.3) is 11.5 Å². The number of hydrogen-bond donors (Lipinski definition) is 2. The molecule has 2 aromatic rings. The van der Waals surface area contributed by atoms with Gasteiger partial charge in [-0.2, -0.15) is 12.7 Å². The predicted molar refractivity (Wildman–Crippen MR) is 85.1 cm³/mol. The van der Waals surface area contributed by atoms with Crippen LogP contribution in [0.3, 0.4) is 0 Å². The smallest absolute Gasteiger partial charge is 0.388 e. The number of para-hydroxylation sites is 1. The van der Waals surface area contributed by atoms with Gasteiger partial charge in [-0.1, -0.05) is 19.1 Å². The number of hydrogen-bond acceptors (Lipinski definition) is 5. The van der Waals surface area contributed by atoms with Crippen LogP contribution in [0, 0.1) is 5.92 Å². The van der Waals surface area contributed by atoms with Gasteiger partial charge < -0.3 is 4.42 Å². The Morgan fingerprint density at radius 2 is 2.00 bits per heavy atom. The molecule has 0 aliphatic carbocycles. The molecule has 0 amide bonds. The second kappa shape index (κ2) is 6.17. The Morgan fingerprint density at radius 3 is 2.65 bits per heavy atom. The zero-order valence-corrected chi connectivity index (χ0v) is 13.5. The average molecular weight is 338 g/mol. The number of nitrogens with one attached hydrogen (secondary N) is 2. The van der Waals surface area contributed by atoms with Crippen molar-refractivity contribution in [2.75, 3.05) is 17.8 Å². The molecule has 0 atom stereocenters. The minimum atomic E-state index is -3.66. The van der Waals surface area contributed by atoms with Gasteiger partial charge in [0.05, 0.1) is 11.3 Å². The molecule has 0 unspecified atom stereocenters. The van der Waals surface area contributed by atoms with Gasteiger partial charge in [0, 0.05) is 13.1 Å². The highest BCUT2D eigenvalue weighted by Crippen LogP contribution is 2.27. The van der Waals surface area contributed by atoms with E-state index in [0.717, 1.165) is 12.8 Å². The highest BCUT2D eigenvalue weighted by molar-refractivity contribution is 7.90. The molecule has 1 aromatic carbocycles. The van der Waals surface area contributed by atoms with E-state index in [9.17, 15) is 13.2 Å². The summed E-state index contributed by atoms with van der Waals surface area (Å²) in [5.41, 5.74) is 0.723. The molecule has 124 valence electrons. The van der Waals surface area contributed by atoms with Gasteiger partial charge in [-0.05, 0) is 30.9 Å². The SMILES string of the molecule is CC1CCN(S(=O)(=O)Nc2ccccc2-c2n[nH]c(=O)o2)CC1. The van der Waals surface area contributed by atoms with Crippen LogP contribution in [0.1, 0.15) is 19.8 Å². The van der Waals surface area contributed by atoms with Crippen LogP contribution in [0.15, 0.2) is 33.5 Å². The molecule has 23 heavy (non-hydrogen) atoms. The largest absolute Gasteiger partial charge is 0.434 e. The highest BCUT2D eigenvalue weighted by Gasteiger charge is 2.27. The monoisotopic (exact) mass is 338 g/mol. The van der Waals surface area contributed by atoms with Gasteiger partial charge in [0.15, 0.2) is 0 Å². The molecule has 1 aromatic heterocycles. The lowest BCUT2D eigenvalue weighted by molar-refractivity contribution is 0.289. The molecule has 1 saturated heterocycles. The van der Waals surface area contributed by atoms with Gasteiger partial charge in [0.25, 0.3) is 5.89 Å². The molecule has 8 nitrogen and oxygen atoms in total. The number of nitrogens with zero attached hydrogens (tertiary/aromatic N) is 2. The number of aromatic nitrogens is 2. The molecule has 1 fully saturated rings. The Labute approximate surface area is 133 Å². The van der Waals surface area contributed by atoms with Crippen molar-refractivity contribution in [2.45, 2.75) is 19.8 Å². The Balaban J connectivity index is 1.87. The Bertz CT molecular complexity index is 834. The number of piperidine rings is 1. The van der Waals surface area contributed by atoms with Crippen molar-refractivity contribution < 1.29 is 12.8 Å². The maximum absolute atomic E-state index is 12.5. The standard InChI is InChI=1S/C14H18N4O4S/c1-10-6-8-18(9-7-10)23(20,21)17-12-5-3-2-4-11(12)13-15-16-14(19)22-13/h2-5,10,17H,6-9H2,1H3,(H,16,19). The lowest BCUT2D eigenvalue weighted by Crippen LogP contribution is -2.41. The van der Waals surface area contributed by atoms with Crippen molar-refractivity contribution in [1.29, 1.82) is 0 Å². The first-order chi connectivity index (χ1) is 11.0. The van der Waals surface area contributed by atoms with Gasteiger partial charge >= 0.3 is 16.0 Å². The van der Waals surface area contributed by atoms with Crippen LogP contribution in [0.4, 0.5) is 5.69 Å². The van der Waals surface area contributed by atoms with E-state index in [2.05, 4.69) is 21.8 Å². The summed E-state index contributed by atoms with van der Waals surface area (Å²) < 4.78 is 34.0. The zero-order chi connectivity index (χ0) is 16.4. The molecule has 2 N–H and O–H groups in total. The van der Waals surface area contributed by atoms with Crippen LogP contribution >= 0.6 is 0 Å². The first kappa shape index (κ1) is 15.8. The van der Waals surface area contributed by atoms with Gasteiger partial charge in [0.1, 0.15) is 0 Å². The maximum Gasteiger partial charge on any atom is 0.434 e. The lowest BCUT2D eigenvalue weighted by atomic mass is 10.0. The van der Waals surface area contributed by atoms with E-state index in [4.69, 9.17) is 4.42 Å². The number of H-pyrrole nitrogens is 1. The molecule has 1 aliphatic rings. The van der Waals surface area contributed by atoms with E-state index in [1.165, 1.54) is 4.31 Å². The van der Waals surface area contributed by atoms with Gasteiger partial charge in [-0.25, -0.2) is 9.89 Å². The van der Waals surface area contributed by atoms with E-state index in [1.807, 2.05) is 0 Å². The number of aromatic amines is 1. The fourth-order valence-corrected chi connectivity index (χ4v) is 3.81. The second-order valence-corrected chi connectivity index (χ2v) is 7.32. The summed E-state index contributed by atoms with van der Waals surface area (Å²) in [5.74, 6) is -0.115. The Morgan fingerprint density at radius 1 is 1.30 bits per heavy atom. The first-order valence-electron chi connectivity index (χ1n) is 7.38. The summed E-state index contributed by atoms with van der Waals surface area (Å²) in [6, 6.07) is 6.65. The quantitative estimate of drug-likeness (QED) is 0.876. The third-order valence-corrected chi connectivity index (χ3v) is 5.44.